The van der Waals surface area contributed by atoms with Gasteiger partial charge in [-0.2, -0.15) is 0 Å². The lowest BCUT2D eigenvalue weighted by Gasteiger charge is -2.32. The molecule has 3 rings (SSSR count). The lowest BCUT2D eigenvalue weighted by atomic mass is 9.97. The topological polar surface area (TPSA) is 32.3 Å². The summed E-state index contributed by atoms with van der Waals surface area (Å²) in [6, 6.07) is 11.4. The van der Waals surface area contributed by atoms with Crippen molar-refractivity contribution >= 4 is 5.91 Å². The summed E-state index contributed by atoms with van der Waals surface area (Å²) in [6.07, 6.45) is 5.87. The van der Waals surface area contributed by atoms with E-state index in [9.17, 15) is 4.79 Å². The smallest absolute Gasteiger partial charge is 0.224 e. The van der Waals surface area contributed by atoms with Crippen molar-refractivity contribution in [2.75, 3.05) is 13.1 Å². The van der Waals surface area contributed by atoms with Gasteiger partial charge in [-0.1, -0.05) is 36.8 Å². The normalized spacial score (nSPS) is 29.1. The highest BCUT2D eigenvalue weighted by atomic mass is 16.1. The van der Waals surface area contributed by atoms with Crippen molar-refractivity contribution in [3.8, 4) is 0 Å². The van der Waals surface area contributed by atoms with E-state index in [4.69, 9.17) is 0 Å². The molecule has 2 aliphatic rings. The summed E-state index contributed by atoms with van der Waals surface area (Å²) in [4.78, 5) is 15.0. The molecule has 0 unspecified atom stereocenters. The maximum atomic E-state index is 12.5. The molecule has 114 valence electrons. The Morgan fingerprint density at radius 3 is 2.86 bits per heavy atom. The summed E-state index contributed by atoms with van der Waals surface area (Å²) in [5.41, 5.74) is 1.29. The number of hydrogen-bond acceptors (Lipinski definition) is 2. The average Bonchev–Trinajstić information content (AvgIpc) is 2.86. The van der Waals surface area contributed by atoms with Crippen LogP contribution in [0.25, 0.3) is 0 Å². The van der Waals surface area contributed by atoms with Crippen LogP contribution >= 0.6 is 0 Å². The Hall–Kier alpha value is -1.35. The van der Waals surface area contributed by atoms with Gasteiger partial charge in [-0.3, -0.25) is 9.69 Å². The molecule has 2 aliphatic heterocycles. The Kier molecular flexibility index (Phi) is 4.59. The molecule has 1 amide bonds. The number of fused-ring (bicyclic) bond motifs is 1. The molecule has 0 bridgehead atoms. The van der Waals surface area contributed by atoms with Crippen LogP contribution in [0, 0.1) is 5.92 Å². The van der Waals surface area contributed by atoms with Crippen molar-refractivity contribution in [2.24, 2.45) is 5.92 Å². The number of benzene rings is 1. The summed E-state index contributed by atoms with van der Waals surface area (Å²) < 4.78 is 0. The summed E-state index contributed by atoms with van der Waals surface area (Å²) in [5, 5.41) is 3.15. The molecule has 2 heterocycles. The first-order chi connectivity index (χ1) is 10.3. The largest absolute Gasteiger partial charge is 0.355 e. The molecule has 3 heteroatoms. The fourth-order valence-corrected chi connectivity index (χ4v) is 3.97. The molecular formula is C18H26N2O. The quantitative estimate of drug-likeness (QED) is 0.923. The SMILES string of the molecule is C[C@@H]1[C@@H](C(=O)NCCc2ccccc2)C[C@H]2CCCCN21. The molecule has 1 aromatic carbocycles. The van der Waals surface area contributed by atoms with Crippen LogP contribution in [-0.4, -0.2) is 36.0 Å². The Morgan fingerprint density at radius 1 is 1.29 bits per heavy atom. The number of nitrogens with zero attached hydrogens (tertiary/aromatic N) is 1. The number of amides is 1. The van der Waals surface area contributed by atoms with Gasteiger partial charge in [0.2, 0.25) is 5.91 Å². The van der Waals surface area contributed by atoms with Crippen LogP contribution in [0.1, 0.15) is 38.2 Å². The van der Waals surface area contributed by atoms with Gasteiger partial charge in [-0.15, -0.1) is 0 Å². The Balaban J connectivity index is 1.49. The molecule has 3 nitrogen and oxygen atoms in total. The van der Waals surface area contributed by atoms with Gasteiger partial charge in [0, 0.05) is 18.6 Å². The lowest BCUT2D eigenvalue weighted by Crippen LogP contribution is -2.42. The molecule has 3 atom stereocenters. The van der Waals surface area contributed by atoms with Crippen LogP contribution in [-0.2, 0) is 11.2 Å². The van der Waals surface area contributed by atoms with Crippen molar-refractivity contribution in [3.05, 3.63) is 35.9 Å². The molecule has 0 aliphatic carbocycles. The molecule has 0 radical (unpaired) electrons. The van der Waals surface area contributed by atoms with Crippen molar-refractivity contribution in [3.63, 3.8) is 0 Å². The van der Waals surface area contributed by atoms with Crippen molar-refractivity contribution < 1.29 is 4.79 Å². The maximum absolute atomic E-state index is 12.5. The summed E-state index contributed by atoms with van der Waals surface area (Å²) in [7, 11) is 0. The first-order valence-corrected chi connectivity index (χ1v) is 8.33. The van der Waals surface area contributed by atoms with Gasteiger partial charge in [-0.05, 0) is 44.7 Å². The number of nitrogens with one attached hydrogen (secondary N) is 1. The van der Waals surface area contributed by atoms with E-state index in [-0.39, 0.29) is 11.8 Å². The molecule has 0 spiro atoms. The minimum absolute atomic E-state index is 0.184. The second kappa shape index (κ2) is 6.61. The number of hydrogen-bond donors (Lipinski definition) is 1. The van der Waals surface area contributed by atoms with E-state index >= 15 is 0 Å². The van der Waals surface area contributed by atoms with Crippen LogP contribution in [0.15, 0.2) is 30.3 Å². The molecule has 0 saturated carbocycles. The van der Waals surface area contributed by atoms with E-state index in [2.05, 4.69) is 29.3 Å². The number of piperidine rings is 1. The van der Waals surface area contributed by atoms with E-state index < -0.39 is 0 Å². The van der Waals surface area contributed by atoms with Gasteiger partial charge in [-0.25, -0.2) is 0 Å². The maximum Gasteiger partial charge on any atom is 0.224 e. The first-order valence-electron chi connectivity index (χ1n) is 8.33. The molecule has 2 fully saturated rings. The average molecular weight is 286 g/mol. The third kappa shape index (κ3) is 3.29. The zero-order valence-electron chi connectivity index (χ0n) is 12.9. The fraction of sp³-hybridized carbons (Fsp3) is 0.611. The number of carbonyl (C=O) groups excluding carboxylic acids is 1. The molecule has 1 N–H and O–H groups in total. The second-order valence-corrected chi connectivity index (χ2v) is 6.50. The molecule has 0 aromatic heterocycles. The monoisotopic (exact) mass is 286 g/mol. The number of carbonyl (C=O) groups is 1. The third-order valence-electron chi connectivity index (χ3n) is 5.20. The lowest BCUT2D eigenvalue weighted by molar-refractivity contribution is -0.125. The summed E-state index contributed by atoms with van der Waals surface area (Å²) in [5.74, 6) is 0.441. The predicted octanol–water partition coefficient (Wildman–Crippen LogP) is 2.61. The minimum Gasteiger partial charge on any atom is -0.355 e. The standard InChI is InChI=1S/C18H26N2O/c1-14-17(13-16-9-5-6-12-20(14)16)18(21)19-11-10-15-7-3-2-4-8-15/h2-4,7-8,14,16-17H,5-6,9-13H2,1H3,(H,19,21)/t14-,16-,17+/m1/s1. The summed E-state index contributed by atoms with van der Waals surface area (Å²) in [6.45, 7) is 4.16. The van der Waals surface area contributed by atoms with Gasteiger partial charge in [0.15, 0.2) is 0 Å². The van der Waals surface area contributed by atoms with E-state index in [1.807, 2.05) is 18.2 Å². The first kappa shape index (κ1) is 14.6. The highest BCUT2D eigenvalue weighted by Gasteiger charge is 2.42. The van der Waals surface area contributed by atoms with Gasteiger partial charge in [0.1, 0.15) is 0 Å². The van der Waals surface area contributed by atoms with Gasteiger partial charge in [0.05, 0.1) is 5.92 Å². The van der Waals surface area contributed by atoms with Crippen molar-refractivity contribution in [2.45, 2.75) is 51.1 Å². The zero-order valence-corrected chi connectivity index (χ0v) is 12.9. The highest BCUT2D eigenvalue weighted by Crippen LogP contribution is 2.35. The molecular weight excluding hydrogens is 260 g/mol. The summed E-state index contributed by atoms with van der Waals surface area (Å²) >= 11 is 0. The van der Waals surface area contributed by atoms with Crippen LogP contribution in [0.3, 0.4) is 0 Å². The fourth-order valence-electron chi connectivity index (χ4n) is 3.97. The highest BCUT2D eigenvalue weighted by molar-refractivity contribution is 5.79. The Labute approximate surface area is 127 Å². The predicted molar refractivity (Wildman–Crippen MR) is 85.1 cm³/mol. The van der Waals surface area contributed by atoms with Gasteiger partial charge in [0.25, 0.3) is 0 Å². The Morgan fingerprint density at radius 2 is 2.10 bits per heavy atom. The third-order valence-corrected chi connectivity index (χ3v) is 5.20. The van der Waals surface area contributed by atoms with Crippen LogP contribution in [0.2, 0.25) is 0 Å². The minimum atomic E-state index is 0.184. The van der Waals surface area contributed by atoms with Crippen LogP contribution < -0.4 is 5.32 Å². The molecule has 21 heavy (non-hydrogen) atoms. The second-order valence-electron chi connectivity index (χ2n) is 6.50. The zero-order chi connectivity index (χ0) is 14.7. The van der Waals surface area contributed by atoms with Gasteiger partial charge >= 0.3 is 0 Å². The van der Waals surface area contributed by atoms with E-state index in [1.165, 1.54) is 31.4 Å². The van der Waals surface area contributed by atoms with Gasteiger partial charge < -0.3 is 5.32 Å². The number of rotatable bonds is 4. The molecule has 2 saturated heterocycles. The van der Waals surface area contributed by atoms with E-state index in [0.29, 0.717) is 12.1 Å². The molecule has 1 aromatic rings. The van der Waals surface area contributed by atoms with Crippen LogP contribution in [0.4, 0.5) is 0 Å². The van der Waals surface area contributed by atoms with E-state index in [1.54, 1.807) is 0 Å². The van der Waals surface area contributed by atoms with Crippen molar-refractivity contribution in [1.82, 2.24) is 10.2 Å². The van der Waals surface area contributed by atoms with Crippen molar-refractivity contribution in [1.29, 1.82) is 0 Å². The van der Waals surface area contributed by atoms with Crippen LogP contribution in [0.5, 0.6) is 0 Å². The Bertz CT molecular complexity index is 473. The van der Waals surface area contributed by atoms with E-state index in [0.717, 1.165) is 19.4 Å².